The summed E-state index contributed by atoms with van der Waals surface area (Å²) < 4.78 is 26.2. The molecule has 1 N–H and O–H groups in total. The number of amides is 2. The van der Waals surface area contributed by atoms with Crippen LogP contribution in [0, 0.1) is 0 Å². The summed E-state index contributed by atoms with van der Waals surface area (Å²) in [6.07, 6.45) is 1.26. The van der Waals surface area contributed by atoms with Crippen molar-refractivity contribution in [1.29, 1.82) is 0 Å². The van der Waals surface area contributed by atoms with Crippen molar-refractivity contribution in [3.05, 3.63) is 62.1 Å². The number of hydrogen-bond donors (Lipinski definition) is 1. The van der Waals surface area contributed by atoms with Crippen LogP contribution in [-0.4, -0.2) is 50.0 Å². The molecule has 1 atom stereocenters. The number of carbonyl (C=O) groups excluding carboxylic acids is 2. The second kappa shape index (κ2) is 12.5. The number of benzene rings is 2. The predicted octanol–water partition coefficient (Wildman–Crippen LogP) is 5.40. The number of rotatable bonds is 10. The molecule has 0 aliphatic carbocycles. The first-order valence-corrected chi connectivity index (χ1v) is 14.1. The third-order valence-electron chi connectivity index (χ3n) is 4.99. The summed E-state index contributed by atoms with van der Waals surface area (Å²) in [4.78, 5) is 27.9. The summed E-state index contributed by atoms with van der Waals surface area (Å²) in [5.41, 5.74) is 0.680. The average Bonchev–Trinajstić information content (AvgIpc) is 2.71. The van der Waals surface area contributed by atoms with Crippen molar-refractivity contribution < 1.29 is 18.0 Å². The molecule has 0 unspecified atom stereocenters. The van der Waals surface area contributed by atoms with Crippen LogP contribution in [0.5, 0.6) is 0 Å². The van der Waals surface area contributed by atoms with Crippen LogP contribution in [-0.2, 0) is 26.2 Å². The standard InChI is InChI=1S/C23H27Cl4N3O4S/c1-5-21(23(32)28-14(2)3)29(12-15-6-7-16(24)11-20(15)27)22(31)13-30(35(4,33)34)19-9-17(25)8-18(26)10-19/h6-11,14,21H,5,12-13H2,1-4H3,(H,28,32)/t21-/m1/s1. The Balaban J connectivity index is 2.51. The Kier molecular flexibility index (Phi) is 10.5. The van der Waals surface area contributed by atoms with Gasteiger partial charge in [-0.3, -0.25) is 13.9 Å². The Labute approximate surface area is 226 Å². The Morgan fingerprint density at radius 1 is 0.971 bits per heavy atom. The lowest BCUT2D eigenvalue weighted by molar-refractivity contribution is -0.140. The SMILES string of the molecule is CC[C@H](C(=O)NC(C)C)N(Cc1ccc(Cl)cc1Cl)C(=O)CN(c1cc(Cl)cc(Cl)c1)S(C)(=O)=O. The molecule has 0 spiro atoms. The number of carbonyl (C=O) groups is 2. The van der Waals surface area contributed by atoms with Crippen LogP contribution >= 0.6 is 46.4 Å². The molecule has 2 rings (SSSR count). The first-order valence-electron chi connectivity index (χ1n) is 10.7. The van der Waals surface area contributed by atoms with Crippen LogP contribution in [0.25, 0.3) is 0 Å². The molecule has 0 saturated heterocycles. The zero-order valence-electron chi connectivity index (χ0n) is 19.7. The Morgan fingerprint density at radius 2 is 1.57 bits per heavy atom. The van der Waals surface area contributed by atoms with Crippen molar-refractivity contribution in [1.82, 2.24) is 10.2 Å². The molecule has 0 bridgehead atoms. The molecule has 0 aromatic heterocycles. The average molecular weight is 583 g/mol. The van der Waals surface area contributed by atoms with Gasteiger partial charge < -0.3 is 10.2 Å². The number of hydrogen-bond acceptors (Lipinski definition) is 4. The second-order valence-corrected chi connectivity index (χ2v) is 11.9. The van der Waals surface area contributed by atoms with Gasteiger partial charge in [0.15, 0.2) is 0 Å². The molecule has 2 aromatic carbocycles. The first-order chi connectivity index (χ1) is 16.2. The van der Waals surface area contributed by atoms with Crippen molar-refractivity contribution in [2.24, 2.45) is 0 Å². The van der Waals surface area contributed by atoms with E-state index in [1.54, 1.807) is 32.9 Å². The van der Waals surface area contributed by atoms with Gasteiger partial charge in [0.1, 0.15) is 12.6 Å². The molecule has 0 aliphatic rings. The highest BCUT2D eigenvalue weighted by molar-refractivity contribution is 7.92. The molecular weight excluding hydrogens is 556 g/mol. The van der Waals surface area contributed by atoms with Crippen molar-refractivity contribution in [3.8, 4) is 0 Å². The number of nitrogens with one attached hydrogen (secondary N) is 1. The molecule has 0 fully saturated rings. The van der Waals surface area contributed by atoms with Crippen molar-refractivity contribution in [2.45, 2.75) is 45.8 Å². The van der Waals surface area contributed by atoms with Gasteiger partial charge in [0.25, 0.3) is 0 Å². The monoisotopic (exact) mass is 581 g/mol. The molecule has 7 nitrogen and oxygen atoms in total. The molecule has 192 valence electrons. The van der Waals surface area contributed by atoms with Crippen LogP contribution in [0.4, 0.5) is 5.69 Å². The molecule has 0 radical (unpaired) electrons. The topological polar surface area (TPSA) is 86.8 Å². The van der Waals surface area contributed by atoms with E-state index in [1.807, 2.05) is 0 Å². The van der Waals surface area contributed by atoms with Gasteiger partial charge in [-0.15, -0.1) is 0 Å². The summed E-state index contributed by atoms with van der Waals surface area (Å²) in [5, 5.41) is 3.97. The van der Waals surface area contributed by atoms with Crippen LogP contribution in [0.3, 0.4) is 0 Å². The number of anilines is 1. The Bertz CT molecular complexity index is 1170. The van der Waals surface area contributed by atoms with Crippen LogP contribution < -0.4 is 9.62 Å². The molecule has 0 saturated carbocycles. The minimum absolute atomic E-state index is 0.0350. The van der Waals surface area contributed by atoms with E-state index >= 15 is 0 Å². The maximum Gasteiger partial charge on any atom is 0.244 e. The fraction of sp³-hybridized carbons (Fsp3) is 0.391. The molecular formula is C23H27Cl4N3O4S. The number of halogens is 4. The molecule has 35 heavy (non-hydrogen) atoms. The molecule has 12 heteroatoms. The van der Waals surface area contributed by atoms with Gasteiger partial charge in [-0.05, 0) is 56.2 Å². The summed E-state index contributed by atoms with van der Waals surface area (Å²) in [6, 6.07) is 8.02. The Hall–Kier alpha value is -1.71. The lowest BCUT2D eigenvalue weighted by atomic mass is 10.1. The van der Waals surface area contributed by atoms with Gasteiger partial charge >= 0.3 is 0 Å². The highest BCUT2D eigenvalue weighted by atomic mass is 35.5. The van der Waals surface area contributed by atoms with E-state index < -0.39 is 28.5 Å². The minimum Gasteiger partial charge on any atom is -0.352 e. The summed E-state index contributed by atoms with van der Waals surface area (Å²) in [6.45, 7) is 4.76. The maximum absolute atomic E-state index is 13.6. The third-order valence-corrected chi connectivity index (χ3v) is 7.15. The van der Waals surface area contributed by atoms with E-state index in [4.69, 9.17) is 46.4 Å². The molecule has 0 heterocycles. The van der Waals surface area contributed by atoms with E-state index in [2.05, 4.69) is 5.32 Å². The highest BCUT2D eigenvalue weighted by Gasteiger charge is 2.32. The molecule has 0 aliphatic heterocycles. The van der Waals surface area contributed by atoms with Crippen molar-refractivity contribution >= 4 is 73.9 Å². The Morgan fingerprint density at radius 3 is 2.06 bits per heavy atom. The summed E-state index contributed by atoms with van der Waals surface area (Å²) in [7, 11) is -3.91. The van der Waals surface area contributed by atoms with Gasteiger partial charge in [0, 0.05) is 32.7 Å². The number of nitrogens with zero attached hydrogens (tertiary/aromatic N) is 2. The lowest BCUT2D eigenvalue weighted by Crippen LogP contribution is -2.53. The first kappa shape index (κ1) is 29.5. The normalized spacial score (nSPS) is 12.4. The maximum atomic E-state index is 13.6. The number of sulfonamides is 1. The van der Waals surface area contributed by atoms with Crippen LogP contribution in [0.15, 0.2) is 36.4 Å². The quantitative estimate of drug-likeness (QED) is 0.406. The minimum atomic E-state index is -3.91. The predicted molar refractivity (Wildman–Crippen MR) is 143 cm³/mol. The van der Waals surface area contributed by atoms with Gasteiger partial charge in [-0.1, -0.05) is 59.4 Å². The summed E-state index contributed by atoms with van der Waals surface area (Å²) >= 11 is 24.5. The van der Waals surface area contributed by atoms with Gasteiger partial charge in [0.2, 0.25) is 21.8 Å². The largest absolute Gasteiger partial charge is 0.352 e. The highest BCUT2D eigenvalue weighted by Crippen LogP contribution is 2.28. The fourth-order valence-electron chi connectivity index (χ4n) is 3.43. The smallest absolute Gasteiger partial charge is 0.244 e. The van der Waals surface area contributed by atoms with E-state index in [9.17, 15) is 18.0 Å². The van der Waals surface area contributed by atoms with E-state index in [0.29, 0.717) is 15.6 Å². The van der Waals surface area contributed by atoms with E-state index in [0.717, 1.165) is 10.6 Å². The van der Waals surface area contributed by atoms with Crippen molar-refractivity contribution in [2.75, 3.05) is 17.1 Å². The zero-order valence-corrected chi connectivity index (χ0v) is 23.5. The van der Waals surface area contributed by atoms with Crippen molar-refractivity contribution in [3.63, 3.8) is 0 Å². The van der Waals surface area contributed by atoms with E-state index in [1.165, 1.54) is 29.2 Å². The second-order valence-electron chi connectivity index (χ2n) is 8.24. The van der Waals surface area contributed by atoms with Gasteiger partial charge in [0.05, 0.1) is 11.9 Å². The zero-order chi connectivity index (χ0) is 26.5. The van der Waals surface area contributed by atoms with Gasteiger partial charge in [-0.2, -0.15) is 0 Å². The summed E-state index contributed by atoms with van der Waals surface area (Å²) in [5.74, 6) is -0.971. The fourth-order valence-corrected chi connectivity index (χ4v) is 5.25. The lowest BCUT2D eigenvalue weighted by Gasteiger charge is -2.33. The van der Waals surface area contributed by atoms with Crippen LogP contribution in [0.1, 0.15) is 32.8 Å². The van der Waals surface area contributed by atoms with Crippen LogP contribution in [0.2, 0.25) is 20.1 Å². The van der Waals surface area contributed by atoms with Gasteiger partial charge in [-0.25, -0.2) is 8.42 Å². The molecule has 2 amide bonds. The van der Waals surface area contributed by atoms with E-state index in [-0.39, 0.29) is 40.6 Å². The third kappa shape index (κ3) is 8.43. The molecule has 2 aromatic rings.